The normalized spacial score (nSPS) is 15.4. The number of carbonyl (C=O) groups excluding carboxylic acids is 2. The van der Waals surface area contributed by atoms with E-state index in [0.29, 0.717) is 30.3 Å². The number of likely N-dealkylation sites (tertiary alicyclic amines) is 1. The molecule has 3 aromatic rings. The van der Waals surface area contributed by atoms with Crippen LogP contribution in [0.25, 0.3) is 0 Å². The number of rotatable bonds is 2. The van der Waals surface area contributed by atoms with Gasteiger partial charge in [-0.25, -0.2) is 9.69 Å². The third-order valence-corrected chi connectivity index (χ3v) is 5.98. The van der Waals surface area contributed by atoms with E-state index in [9.17, 15) is 9.59 Å². The molecule has 1 saturated heterocycles. The Hall–Kier alpha value is -3.60. The molecule has 0 aliphatic carbocycles. The van der Waals surface area contributed by atoms with Crippen LogP contribution in [-0.2, 0) is 4.79 Å². The van der Waals surface area contributed by atoms with Crippen molar-refractivity contribution < 1.29 is 14.3 Å². The maximum absolute atomic E-state index is 14.1. The van der Waals surface area contributed by atoms with E-state index < -0.39 is 5.92 Å². The second-order valence-corrected chi connectivity index (χ2v) is 7.95. The van der Waals surface area contributed by atoms with E-state index in [2.05, 4.69) is 0 Å². The topological polar surface area (TPSA) is 49.9 Å². The highest BCUT2D eigenvalue weighted by molar-refractivity contribution is 6.17. The third-order valence-electron chi connectivity index (χ3n) is 5.98. The number of hydrogen-bond acceptors (Lipinski definition) is 3. The molecule has 1 fully saturated rings. The largest absolute Gasteiger partial charge is 0.457 e. The summed E-state index contributed by atoms with van der Waals surface area (Å²) in [5.41, 5.74) is 2.14. The van der Waals surface area contributed by atoms with Gasteiger partial charge in [0.05, 0.1) is 11.6 Å². The second-order valence-electron chi connectivity index (χ2n) is 7.95. The first-order chi connectivity index (χ1) is 15.2. The van der Waals surface area contributed by atoms with Crippen LogP contribution >= 0.6 is 0 Å². The maximum Gasteiger partial charge on any atom is 0.331 e. The molecule has 2 heterocycles. The number of amides is 3. The molecule has 0 bridgehead atoms. The zero-order valence-corrected chi connectivity index (χ0v) is 17.2. The lowest BCUT2D eigenvalue weighted by Crippen LogP contribution is -2.50. The van der Waals surface area contributed by atoms with E-state index >= 15 is 0 Å². The van der Waals surface area contributed by atoms with Gasteiger partial charge in [-0.1, -0.05) is 54.6 Å². The molecule has 5 rings (SSSR count). The molecule has 2 aliphatic rings. The fourth-order valence-electron chi connectivity index (χ4n) is 4.44. The van der Waals surface area contributed by atoms with Gasteiger partial charge >= 0.3 is 6.03 Å². The summed E-state index contributed by atoms with van der Waals surface area (Å²) in [6, 6.07) is 24.1. The van der Waals surface area contributed by atoms with Gasteiger partial charge in [-0.2, -0.15) is 0 Å². The molecule has 2 aliphatic heterocycles. The summed E-state index contributed by atoms with van der Waals surface area (Å²) in [6.45, 7) is 1.35. The van der Waals surface area contributed by atoms with Gasteiger partial charge in [0.1, 0.15) is 11.5 Å². The molecule has 0 aromatic heterocycles. The minimum Gasteiger partial charge on any atom is -0.457 e. The highest BCUT2D eigenvalue weighted by atomic mass is 16.5. The summed E-state index contributed by atoms with van der Waals surface area (Å²) >= 11 is 0. The van der Waals surface area contributed by atoms with Gasteiger partial charge in [-0.15, -0.1) is 0 Å². The van der Waals surface area contributed by atoms with Crippen molar-refractivity contribution in [2.45, 2.75) is 25.2 Å². The van der Waals surface area contributed by atoms with Gasteiger partial charge in [-0.05, 0) is 43.5 Å². The minimum atomic E-state index is -0.616. The van der Waals surface area contributed by atoms with Crippen LogP contribution in [0.4, 0.5) is 10.5 Å². The molecule has 5 nitrogen and oxygen atoms in total. The van der Waals surface area contributed by atoms with Crippen LogP contribution in [-0.4, -0.2) is 29.9 Å². The molecule has 0 atom stereocenters. The number of ether oxygens (including phenoxy) is 1. The Balaban J connectivity index is 1.61. The van der Waals surface area contributed by atoms with Gasteiger partial charge in [0.15, 0.2) is 0 Å². The first-order valence-corrected chi connectivity index (χ1v) is 10.8. The minimum absolute atomic E-state index is 0.252. The maximum atomic E-state index is 14.1. The fourth-order valence-corrected chi connectivity index (χ4v) is 4.44. The number of nitrogens with zero attached hydrogens (tertiary/aromatic N) is 2. The number of imide groups is 1. The summed E-state index contributed by atoms with van der Waals surface area (Å²) in [5, 5.41) is 0. The summed E-state index contributed by atoms with van der Waals surface area (Å²) < 4.78 is 6.05. The monoisotopic (exact) mass is 412 g/mol. The van der Waals surface area contributed by atoms with Crippen LogP contribution in [0.5, 0.6) is 11.5 Å². The number of piperidine rings is 1. The number of fused-ring (bicyclic) bond motifs is 2. The van der Waals surface area contributed by atoms with Crippen molar-refractivity contribution in [3.8, 4) is 11.5 Å². The fraction of sp³-hybridized carbons (Fsp3) is 0.231. The van der Waals surface area contributed by atoms with Gasteiger partial charge in [0, 0.05) is 24.2 Å². The summed E-state index contributed by atoms with van der Waals surface area (Å²) in [6.07, 6.45) is 3.04. The smallest absolute Gasteiger partial charge is 0.331 e. The van der Waals surface area contributed by atoms with Crippen LogP contribution in [0.3, 0.4) is 0 Å². The highest BCUT2D eigenvalue weighted by Gasteiger charge is 2.39. The Morgan fingerprint density at radius 3 is 1.90 bits per heavy atom. The lowest BCUT2D eigenvalue weighted by Gasteiger charge is -2.35. The molecular formula is C26H24N2O3. The Labute approximate surface area is 181 Å². The summed E-state index contributed by atoms with van der Waals surface area (Å²) in [7, 11) is 0. The SMILES string of the molecule is O=C(C1c2ccccc2Oc2ccccc21)N(C(=O)N1CCCCC1)c1ccccc1. The molecule has 3 aromatic carbocycles. The number of urea groups is 1. The van der Waals surface area contributed by atoms with Crippen molar-refractivity contribution in [2.24, 2.45) is 0 Å². The van der Waals surface area contributed by atoms with E-state index in [1.54, 1.807) is 4.90 Å². The Kier molecular flexibility index (Phi) is 5.16. The Bertz CT molecular complexity index is 1060. The highest BCUT2D eigenvalue weighted by Crippen LogP contribution is 2.45. The molecule has 0 radical (unpaired) electrons. The molecule has 0 saturated carbocycles. The first-order valence-electron chi connectivity index (χ1n) is 10.8. The van der Waals surface area contributed by atoms with Crippen molar-refractivity contribution >= 4 is 17.6 Å². The third kappa shape index (κ3) is 3.56. The molecule has 0 unspecified atom stereocenters. The van der Waals surface area contributed by atoms with Crippen molar-refractivity contribution in [3.05, 3.63) is 90.0 Å². The molecule has 3 amide bonds. The van der Waals surface area contributed by atoms with Crippen LogP contribution in [0.1, 0.15) is 36.3 Å². The van der Waals surface area contributed by atoms with Crippen LogP contribution < -0.4 is 9.64 Å². The van der Waals surface area contributed by atoms with Crippen LogP contribution in [0.15, 0.2) is 78.9 Å². The number of hydrogen-bond donors (Lipinski definition) is 0. The lowest BCUT2D eigenvalue weighted by atomic mass is 9.86. The number of para-hydroxylation sites is 3. The molecule has 0 N–H and O–H groups in total. The van der Waals surface area contributed by atoms with Crippen molar-refractivity contribution in [3.63, 3.8) is 0 Å². The predicted molar refractivity (Wildman–Crippen MR) is 120 cm³/mol. The first kappa shape index (κ1) is 19.4. The zero-order valence-electron chi connectivity index (χ0n) is 17.2. The lowest BCUT2D eigenvalue weighted by molar-refractivity contribution is -0.118. The summed E-state index contributed by atoms with van der Waals surface area (Å²) in [5.74, 6) is 0.427. The van der Waals surface area contributed by atoms with Crippen molar-refractivity contribution in [2.75, 3.05) is 18.0 Å². The predicted octanol–water partition coefficient (Wildman–Crippen LogP) is 5.56. The van der Waals surface area contributed by atoms with E-state index in [-0.39, 0.29) is 11.9 Å². The van der Waals surface area contributed by atoms with Crippen molar-refractivity contribution in [1.29, 1.82) is 0 Å². The van der Waals surface area contributed by atoms with E-state index in [1.165, 1.54) is 4.90 Å². The Morgan fingerprint density at radius 1 is 0.742 bits per heavy atom. The molecule has 0 spiro atoms. The second kappa shape index (κ2) is 8.26. The molecule has 5 heteroatoms. The van der Waals surface area contributed by atoms with E-state index in [4.69, 9.17) is 4.74 Å². The van der Waals surface area contributed by atoms with E-state index in [1.807, 2.05) is 78.9 Å². The number of anilines is 1. The standard InChI is InChI=1S/C26H24N2O3/c29-25(24-20-13-5-7-15-22(20)31-23-16-8-6-14-21(23)24)28(19-11-3-1-4-12-19)26(30)27-17-9-2-10-18-27/h1,3-8,11-16,24H,2,9-10,17-18H2. The van der Waals surface area contributed by atoms with Gasteiger partial charge in [-0.3, -0.25) is 4.79 Å². The molecule has 156 valence electrons. The zero-order chi connectivity index (χ0) is 21.2. The number of carbonyl (C=O) groups is 2. The van der Waals surface area contributed by atoms with Crippen molar-refractivity contribution in [1.82, 2.24) is 4.90 Å². The summed E-state index contributed by atoms with van der Waals surface area (Å²) in [4.78, 5) is 30.9. The van der Waals surface area contributed by atoms with E-state index in [0.717, 1.165) is 30.4 Å². The van der Waals surface area contributed by atoms with Crippen LogP contribution in [0.2, 0.25) is 0 Å². The average Bonchev–Trinajstić information content (AvgIpc) is 2.83. The van der Waals surface area contributed by atoms with Gasteiger partial charge in [0.2, 0.25) is 5.91 Å². The number of benzene rings is 3. The van der Waals surface area contributed by atoms with Gasteiger partial charge in [0.25, 0.3) is 0 Å². The molecular weight excluding hydrogens is 388 g/mol. The van der Waals surface area contributed by atoms with Crippen LogP contribution in [0, 0.1) is 0 Å². The quantitative estimate of drug-likeness (QED) is 0.553. The van der Waals surface area contributed by atoms with Gasteiger partial charge < -0.3 is 9.64 Å². The molecule has 31 heavy (non-hydrogen) atoms. The average molecular weight is 412 g/mol. The Morgan fingerprint density at radius 2 is 1.29 bits per heavy atom.